The Labute approximate surface area is 88.5 Å². The molecule has 0 saturated heterocycles. The first-order valence-electron chi connectivity index (χ1n) is 5.72. The molecule has 0 spiro atoms. The molecule has 3 heteroatoms. The molecule has 0 heterocycles. The van der Waals surface area contributed by atoms with Crippen molar-refractivity contribution in [2.75, 3.05) is 32.7 Å². The lowest BCUT2D eigenvalue weighted by Gasteiger charge is -2.19. The molecule has 1 unspecified atom stereocenters. The van der Waals surface area contributed by atoms with E-state index in [0.29, 0.717) is 12.5 Å². The number of nitrogens with one attached hydrogen (secondary N) is 1. The average molecular weight is 202 g/mol. The van der Waals surface area contributed by atoms with E-state index in [9.17, 15) is 5.11 Å². The van der Waals surface area contributed by atoms with Crippen molar-refractivity contribution in [2.24, 2.45) is 5.92 Å². The number of hydrogen-bond donors (Lipinski definition) is 2. The van der Waals surface area contributed by atoms with Crippen LogP contribution >= 0.6 is 0 Å². The molecule has 0 bridgehead atoms. The third kappa shape index (κ3) is 6.35. The van der Waals surface area contributed by atoms with Crippen molar-refractivity contribution < 1.29 is 5.11 Å². The van der Waals surface area contributed by atoms with E-state index in [4.69, 9.17) is 0 Å². The van der Waals surface area contributed by atoms with E-state index in [2.05, 4.69) is 24.1 Å². The van der Waals surface area contributed by atoms with Crippen molar-refractivity contribution in [3.63, 3.8) is 0 Å². The number of aliphatic hydroxyl groups is 1. The number of hydrogen-bond acceptors (Lipinski definition) is 3. The van der Waals surface area contributed by atoms with Crippen LogP contribution in [0.4, 0.5) is 0 Å². The van der Waals surface area contributed by atoms with Crippen molar-refractivity contribution in [2.45, 2.75) is 33.8 Å². The summed E-state index contributed by atoms with van der Waals surface area (Å²) in [6.45, 7) is 13.4. The maximum absolute atomic E-state index is 9.53. The highest BCUT2D eigenvalue weighted by molar-refractivity contribution is 4.64. The zero-order valence-electron chi connectivity index (χ0n) is 10.1. The van der Waals surface area contributed by atoms with Gasteiger partial charge in [-0.2, -0.15) is 0 Å². The highest BCUT2D eigenvalue weighted by atomic mass is 16.3. The van der Waals surface area contributed by atoms with E-state index in [-0.39, 0.29) is 6.10 Å². The van der Waals surface area contributed by atoms with E-state index in [0.717, 1.165) is 26.2 Å². The lowest BCUT2D eigenvalue weighted by molar-refractivity contribution is 0.122. The summed E-state index contributed by atoms with van der Waals surface area (Å²) < 4.78 is 0. The summed E-state index contributed by atoms with van der Waals surface area (Å²) in [4.78, 5) is 2.37. The second kappa shape index (κ2) is 8.21. The summed E-state index contributed by atoms with van der Waals surface area (Å²) in [6.07, 6.45) is -0.216. The minimum absolute atomic E-state index is 0.216. The molecule has 0 saturated carbocycles. The molecule has 2 N–H and O–H groups in total. The monoisotopic (exact) mass is 202 g/mol. The third-order valence-electron chi connectivity index (χ3n) is 2.62. The highest BCUT2D eigenvalue weighted by Gasteiger charge is 2.07. The van der Waals surface area contributed by atoms with Crippen LogP contribution in [0.2, 0.25) is 0 Å². The van der Waals surface area contributed by atoms with Crippen molar-refractivity contribution >= 4 is 0 Å². The SMILES string of the molecule is CCN(CC)CCNCC(O)C(C)C. The van der Waals surface area contributed by atoms with Gasteiger partial charge >= 0.3 is 0 Å². The van der Waals surface area contributed by atoms with Crippen LogP contribution in [0.3, 0.4) is 0 Å². The molecule has 0 radical (unpaired) electrons. The fraction of sp³-hybridized carbons (Fsp3) is 1.00. The molecule has 0 amide bonds. The molecule has 0 fully saturated rings. The van der Waals surface area contributed by atoms with E-state index < -0.39 is 0 Å². The first-order chi connectivity index (χ1) is 6.61. The maximum atomic E-state index is 9.53. The fourth-order valence-corrected chi connectivity index (χ4v) is 1.26. The van der Waals surface area contributed by atoms with Gasteiger partial charge in [-0.3, -0.25) is 0 Å². The van der Waals surface area contributed by atoms with Crippen molar-refractivity contribution in [3.05, 3.63) is 0 Å². The molecule has 3 nitrogen and oxygen atoms in total. The van der Waals surface area contributed by atoms with Gasteiger partial charge in [0.15, 0.2) is 0 Å². The summed E-state index contributed by atoms with van der Waals surface area (Å²) in [5.74, 6) is 0.343. The molecule has 0 aromatic rings. The van der Waals surface area contributed by atoms with Crippen molar-refractivity contribution in [3.8, 4) is 0 Å². The third-order valence-corrected chi connectivity index (χ3v) is 2.62. The van der Waals surface area contributed by atoms with Gasteiger partial charge < -0.3 is 15.3 Å². The largest absolute Gasteiger partial charge is 0.392 e. The molecule has 0 aliphatic heterocycles. The lowest BCUT2D eigenvalue weighted by Crippen LogP contribution is -2.36. The Morgan fingerprint density at radius 1 is 1.21 bits per heavy atom. The summed E-state index contributed by atoms with van der Waals surface area (Å²) in [6, 6.07) is 0. The van der Waals surface area contributed by atoms with Gasteiger partial charge in [-0.1, -0.05) is 27.7 Å². The number of nitrogens with zero attached hydrogens (tertiary/aromatic N) is 1. The zero-order valence-corrected chi connectivity index (χ0v) is 10.1. The van der Waals surface area contributed by atoms with Gasteiger partial charge in [0, 0.05) is 19.6 Å². The van der Waals surface area contributed by atoms with Crippen LogP contribution in [0.5, 0.6) is 0 Å². The topological polar surface area (TPSA) is 35.5 Å². The van der Waals surface area contributed by atoms with E-state index >= 15 is 0 Å². The Balaban J connectivity index is 3.36. The average Bonchev–Trinajstić information content (AvgIpc) is 2.17. The lowest BCUT2D eigenvalue weighted by atomic mass is 10.1. The minimum Gasteiger partial charge on any atom is -0.392 e. The molecule has 0 aliphatic rings. The predicted molar refractivity (Wildman–Crippen MR) is 61.5 cm³/mol. The summed E-state index contributed by atoms with van der Waals surface area (Å²) in [7, 11) is 0. The van der Waals surface area contributed by atoms with Gasteiger partial charge in [-0.25, -0.2) is 0 Å². The van der Waals surface area contributed by atoms with Crippen LogP contribution in [0.1, 0.15) is 27.7 Å². The molecular weight excluding hydrogens is 176 g/mol. The van der Waals surface area contributed by atoms with Gasteiger partial charge in [-0.15, -0.1) is 0 Å². The van der Waals surface area contributed by atoms with E-state index in [1.165, 1.54) is 0 Å². The second-order valence-electron chi connectivity index (χ2n) is 4.04. The number of rotatable bonds is 8. The molecule has 0 aliphatic carbocycles. The first kappa shape index (κ1) is 13.9. The molecule has 14 heavy (non-hydrogen) atoms. The minimum atomic E-state index is -0.216. The van der Waals surface area contributed by atoms with Crippen LogP contribution in [0, 0.1) is 5.92 Å². The molecular formula is C11H26N2O. The fourth-order valence-electron chi connectivity index (χ4n) is 1.26. The van der Waals surface area contributed by atoms with Gasteiger partial charge in [0.05, 0.1) is 6.10 Å². The Bertz CT molecular complexity index is 120. The van der Waals surface area contributed by atoms with Crippen molar-refractivity contribution in [1.82, 2.24) is 10.2 Å². The predicted octanol–water partition coefficient (Wildman–Crippen LogP) is 0.935. The van der Waals surface area contributed by atoms with E-state index in [1.807, 2.05) is 13.8 Å². The van der Waals surface area contributed by atoms with Crippen LogP contribution in [-0.2, 0) is 0 Å². The Morgan fingerprint density at radius 2 is 1.79 bits per heavy atom. The van der Waals surface area contributed by atoms with Gasteiger partial charge in [-0.05, 0) is 19.0 Å². The first-order valence-corrected chi connectivity index (χ1v) is 5.72. The molecule has 0 aromatic carbocycles. The molecule has 1 atom stereocenters. The van der Waals surface area contributed by atoms with E-state index in [1.54, 1.807) is 0 Å². The van der Waals surface area contributed by atoms with Gasteiger partial charge in [0.25, 0.3) is 0 Å². The Kier molecular flexibility index (Phi) is 8.14. The smallest absolute Gasteiger partial charge is 0.0687 e. The molecule has 0 rings (SSSR count). The van der Waals surface area contributed by atoms with Crippen LogP contribution in [0.25, 0.3) is 0 Å². The normalized spacial score (nSPS) is 13.9. The second-order valence-corrected chi connectivity index (χ2v) is 4.04. The molecule has 86 valence electrons. The Morgan fingerprint density at radius 3 is 2.21 bits per heavy atom. The van der Waals surface area contributed by atoms with Crippen molar-refractivity contribution in [1.29, 1.82) is 0 Å². The standard InChI is InChI=1S/C11H26N2O/c1-5-13(6-2)8-7-12-9-11(14)10(3)4/h10-12,14H,5-9H2,1-4H3. The van der Waals surface area contributed by atoms with Crippen LogP contribution in [-0.4, -0.2) is 48.8 Å². The van der Waals surface area contributed by atoms with Gasteiger partial charge in [0.1, 0.15) is 0 Å². The summed E-state index contributed by atoms with van der Waals surface area (Å²) in [5.41, 5.74) is 0. The summed E-state index contributed by atoms with van der Waals surface area (Å²) in [5, 5.41) is 12.8. The highest BCUT2D eigenvalue weighted by Crippen LogP contribution is 1.98. The quantitative estimate of drug-likeness (QED) is 0.575. The van der Waals surface area contributed by atoms with Crippen LogP contribution in [0.15, 0.2) is 0 Å². The zero-order chi connectivity index (χ0) is 11.0. The summed E-state index contributed by atoms with van der Waals surface area (Å²) >= 11 is 0. The van der Waals surface area contributed by atoms with Gasteiger partial charge in [0.2, 0.25) is 0 Å². The Hall–Kier alpha value is -0.120. The molecule has 0 aromatic heterocycles. The number of likely N-dealkylation sites (N-methyl/N-ethyl adjacent to an activating group) is 1. The number of aliphatic hydroxyl groups excluding tert-OH is 1. The van der Waals surface area contributed by atoms with Crippen LogP contribution < -0.4 is 5.32 Å². The maximum Gasteiger partial charge on any atom is 0.0687 e.